The molecule has 7 heteroatoms. The molecule has 0 spiro atoms. The first-order valence-electron chi connectivity index (χ1n) is 15.2. The summed E-state index contributed by atoms with van der Waals surface area (Å²) in [5, 5.41) is 4.54. The zero-order valence-electron chi connectivity index (χ0n) is 26.8. The minimum atomic E-state index is -0.223. The van der Waals surface area contributed by atoms with Gasteiger partial charge in [-0.05, 0) is 80.1 Å². The number of ether oxygens (including phenoxy) is 1. The predicted octanol–water partition coefficient (Wildman–Crippen LogP) is 10.7. The van der Waals surface area contributed by atoms with E-state index in [0.717, 1.165) is 24.2 Å². The summed E-state index contributed by atoms with van der Waals surface area (Å²) in [6.45, 7) is 9.28. The lowest BCUT2D eigenvalue weighted by molar-refractivity contribution is 0.0280. The van der Waals surface area contributed by atoms with Crippen molar-refractivity contribution in [1.82, 2.24) is 14.5 Å². The molecule has 1 aromatic heterocycles. The van der Waals surface area contributed by atoms with Crippen LogP contribution in [0.5, 0.6) is 0 Å². The van der Waals surface area contributed by atoms with Gasteiger partial charge in [0.2, 0.25) is 0 Å². The summed E-state index contributed by atoms with van der Waals surface area (Å²) in [4.78, 5) is 6.37. The summed E-state index contributed by atoms with van der Waals surface area (Å²) in [6, 6.07) is 28.1. The van der Waals surface area contributed by atoms with Gasteiger partial charge in [0.1, 0.15) is 6.10 Å². The molecule has 1 atom stereocenters. The van der Waals surface area contributed by atoms with Crippen LogP contribution in [0.2, 0.25) is 15.1 Å². The van der Waals surface area contributed by atoms with Crippen molar-refractivity contribution in [3.05, 3.63) is 148 Å². The summed E-state index contributed by atoms with van der Waals surface area (Å²) in [5.41, 5.74) is 3.37. The molecule has 4 aromatic carbocycles. The number of halogens is 3. The van der Waals surface area contributed by atoms with Gasteiger partial charge in [-0.1, -0.05) is 113 Å². The van der Waals surface area contributed by atoms with Crippen LogP contribution in [0.4, 0.5) is 0 Å². The molecule has 0 bridgehead atoms. The van der Waals surface area contributed by atoms with Gasteiger partial charge in [0, 0.05) is 51.5 Å². The Hall–Kier alpha value is -3.56. The Labute approximate surface area is 288 Å². The zero-order valence-corrected chi connectivity index (χ0v) is 29.0. The molecule has 46 heavy (non-hydrogen) atoms. The third-order valence-electron chi connectivity index (χ3n) is 7.00. The van der Waals surface area contributed by atoms with Gasteiger partial charge in [0.15, 0.2) is 0 Å². The molecule has 1 heterocycles. The molecule has 0 radical (unpaired) electrons. The number of hydrogen-bond acceptors (Lipinski definition) is 3. The molecule has 0 saturated carbocycles. The van der Waals surface area contributed by atoms with Crippen molar-refractivity contribution < 1.29 is 4.74 Å². The molecule has 0 aliphatic rings. The lowest BCUT2D eigenvalue weighted by atomic mass is 9.98. The topological polar surface area (TPSA) is 30.3 Å². The monoisotopic (exact) mass is 671 g/mol. The van der Waals surface area contributed by atoms with Crippen molar-refractivity contribution in [3.8, 4) is 11.8 Å². The van der Waals surface area contributed by atoms with E-state index in [1.165, 1.54) is 16.3 Å². The number of likely N-dealkylation sites (N-methyl/N-ethyl adjacent to an activating group) is 1. The SMILES string of the molecule is CN(C/C=C/C#CC(C)(C)C)Cc1cccc2ccccc12.Clc1ccc(COC(Cn2ccnc2)c2ccc(Cl)cc2Cl)cc1. The van der Waals surface area contributed by atoms with Gasteiger partial charge in [-0.25, -0.2) is 4.98 Å². The smallest absolute Gasteiger partial charge is 0.102 e. The van der Waals surface area contributed by atoms with Crippen LogP contribution in [-0.2, 0) is 24.4 Å². The highest BCUT2D eigenvalue weighted by atomic mass is 35.5. The van der Waals surface area contributed by atoms with Crippen LogP contribution in [0.15, 0.2) is 116 Å². The second-order valence-corrected chi connectivity index (χ2v) is 13.4. The number of aromatic nitrogens is 2. The van der Waals surface area contributed by atoms with Crippen molar-refractivity contribution in [1.29, 1.82) is 0 Å². The van der Waals surface area contributed by atoms with Crippen molar-refractivity contribution in [2.75, 3.05) is 13.6 Å². The third kappa shape index (κ3) is 11.7. The Morgan fingerprint density at radius 3 is 2.39 bits per heavy atom. The molecular formula is C39H40Cl3N3O. The molecule has 0 saturated heterocycles. The standard InChI is InChI=1S/C21H25N.C18H15Cl3N2O/c1-21(2,3)15-8-5-9-16-22(4)17-19-13-10-12-18-11-6-7-14-20(18)19;19-14-3-1-13(2-4-14)11-24-18(10-23-8-7-22-12-23)16-6-5-15(20)9-17(16)21/h5-7,9-14H,16-17H2,1-4H3;1-9,12,18H,10-11H2/b9-5+;. The highest BCUT2D eigenvalue weighted by Gasteiger charge is 2.17. The molecule has 0 aliphatic carbocycles. The summed E-state index contributed by atoms with van der Waals surface area (Å²) in [6.07, 6.45) is 9.25. The van der Waals surface area contributed by atoms with E-state index < -0.39 is 0 Å². The van der Waals surface area contributed by atoms with E-state index >= 15 is 0 Å². The van der Waals surface area contributed by atoms with E-state index in [1.54, 1.807) is 18.6 Å². The third-order valence-corrected chi connectivity index (χ3v) is 7.81. The van der Waals surface area contributed by atoms with Crippen LogP contribution in [-0.4, -0.2) is 28.0 Å². The number of hydrogen-bond donors (Lipinski definition) is 0. The maximum absolute atomic E-state index is 6.36. The van der Waals surface area contributed by atoms with Crippen LogP contribution >= 0.6 is 34.8 Å². The number of allylic oxidation sites excluding steroid dienone is 1. The number of rotatable bonds is 10. The van der Waals surface area contributed by atoms with Crippen molar-refractivity contribution in [3.63, 3.8) is 0 Å². The Morgan fingerprint density at radius 2 is 1.67 bits per heavy atom. The van der Waals surface area contributed by atoms with Crippen LogP contribution < -0.4 is 0 Å². The van der Waals surface area contributed by atoms with Crippen molar-refractivity contribution in [2.24, 2.45) is 5.41 Å². The lowest BCUT2D eigenvalue weighted by Crippen LogP contribution is -2.17. The van der Waals surface area contributed by atoms with Gasteiger partial charge in [-0.3, -0.25) is 4.90 Å². The van der Waals surface area contributed by atoms with E-state index in [9.17, 15) is 0 Å². The Morgan fingerprint density at radius 1 is 0.935 bits per heavy atom. The van der Waals surface area contributed by atoms with Gasteiger partial charge >= 0.3 is 0 Å². The number of nitrogens with zero attached hydrogens (tertiary/aromatic N) is 3. The molecule has 5 rings (SSSR count). The summed E-state index contributed by atoms with van der Waals surface area (Å²) < 4.78 is 8.08. The van der Waals surface area contributed by atoms with Crippen molar-refractivity contribution >= 4 is 45.6 Å². The average Bonchev–Trinajstić information content (AvgIpc) is 3.53. The van der Waals surface area contributed by atoms with Crippen LogP contribution in [0.1, 0.15) is 43.6 Å². The summed E-state index contributed by atoms with van der Waals surface area (Å²) >= 11 is 18.3. The second kappa shape index (κ2) is 17.4. The van der Waals surface area contributed by atoms with Gasteiger partial charge in [-0.15, -0.1) is 0 Å². The van der Waals surface area contributed by atoms with Crippen LogP contribution in [0, 0.1) is 17.3 Å². The van der Waals surface area contributed by atoms with Crippen LogP contribution in [0.3, 0.4) is 0 Å². The van der Waals surface area contributed by atoms with Gasteiger partial charge < -0.3 is 9.30 Å². The van der Waals surface area contributed by atoms with E-state index in [4.69, 9.17) is 39.5 Å². The van der Waals surface area contributed by atoms with E-state index in [1.807, 2.05) is 53.2 Å². The molecule has 5 aromatic rings. The molecule has 238 valence electrons. The zero-order chi connectivity index (χ0) is 32.9. The first kappa shape index (κ1) is 35.3. The molecule has 0 amide bonds. The first-order chi connectivity index (χ1) is 22.1. The molecule has 0 fully saturated rings. The average molecular weight is 673 g/mol. The largest absolute Gasteiger partial charge is 0.367 e. The van der Waals surface area contributed by atoms with Gasteiger partial charge in [0.05, 0.1) is 19.5 Å². The Kier molecular flexibility index (Phi) is 13.3. The second-order valence-electron chi connectivity index (χ2n) is 12.1. The quantitative estimate of drug-likeness (QED) is 0.138. The van der Waals surface area contributed by atoms with E-state index in [-0.39, 0.29) is 11.5 Å². The fourth-order valence-corrected chi connectivity index (χ4v) is 5.36. The number of fused-ring (bicyclic) bond motifs is 1. The Balaban J connectivity index is 0.000000210. The minimum absolute atomic E-state index is 0.0686. The first-order valence-corrected chi connectivity index (χ1v) is 16.3. The number of imidazole rings is 1. The fourth-order valence-electron chi connectivity index (χ4n) is 4.70. The Bertz CT molecular complexity index is 1760. The minimum Gasteiger partial charge on any atom is -0.367 e. The van der Waals surface area contributed by atoms with E-state index in [2.05, 4.69) is 98.1 Å². The highest BCUT2D eigenvalue weighted by molar-refractivity contribution is 6.35. The maximum atomic E-state index is 6.36. The van der Waals surface area contributed by atoms with Gasteiger partial charge in [0.25, 0.3) is 0 Å². The van der Waals surface area contributed by atoms with E-state index in [0.29, 0.717) is 28.2 Å². The molecule has 4 nitrogen and oxygen atoms in total. The normalized spacial score (nSPS) is 12.1. The van der Waals surface area contributed by atoms with Crippen molar-refractivity contribution in [2.45, 2.75) is 46.6 Å². The number of benzene rings is 4. The highest BCUT2D eigenvalue weighted by Crippen LogP contribution is 2.30. The fraction of sp³-hybridized carbons (Fsp3) is 0.256. The maximum Gasteiger partial charge on any atom is 0.102 e. The molecule has 0 N–H and O–H groups in total. The molecular weight excluding hydrogens is 633 g/mol. The molecule has 1 unspecified atom stereocenters. The predicted molar refractivity (Wildman–Crippen MR) is 194 cm³/mol. The lowest BCUT2D eigenvalue weighted by Gasteiger charge is -2.20. The van der Waals surface area contributed by atoms with Gasteiger partial charge in [-0.2, -0.15) is 0 Å². The summed E-state index contributed by atoms with van der Waals surface area (Å²) in [7, 11) is 2.14. The summed E-state index contributed by atoms with van der Waals surface area (Å²) in [5.74, 6) is 6.33. The van der Waals surface area contributed by atoms with Crippen LogP contribution in [0.25, 0.3) is 10.8 Å². The molecule has 0 aliphatic heterocycles.